The standard InChI is InChI=1S/C9H10ClN3O/c1-7-12-8(10)6-9(13-7)11-4-2-3-5-14/h6,14H,4-5H2,1H3,(H,11,12,13). The second-order valence-corrected chi connectivity index (χ2v) is 2.88. The van der Waals surface area contributed by atoms with E-state index in [9.17, 15) is 0 Å². The van der Waals surface area contributed by atoms with Gasteiger partial charge in [0.1, 0.15) is 23.4 Å². The molecule has 1 aromatic heterocycles. The average molecular weight is 212 g/mol. The van der Waals surface area contributed by atoms with Crippen molar-refractivity contribution in [3.05, 3.63) is 17.0 Å². The quantitative estimate of drug-likeness (QED) is 0.563. The van der Waals surface area contributed by atoms with Crippen molar-refractivity contribution in [1.29, 1.82) is 0 Å². The number of nitrogens with zero attached hydrogens (tertiary/aromatic N) is 2. The van der Waals surface area contributed by atoms with Gasteiger partial charge in [-0.15, -0.1) is 0 Å². The van der Waals surface area contributed by atoms with Crippen LogP contribution in [0.4, 0.5) is 5.82 Å². The maximum absolute atomic E-state index is 8.40. The van der Waals surface area contributed by atoms with Gasteiger partial charge in [0.2, 0.25) is 0 Å². The molecule has 2 N–H and O–H groups in total. The van der Waals surface area contributed by atoms with E-state index in [2.05, 4.69) is 27.1 Å². The van der Waals surface area contributed by atoms with E-state index < -0.39 is 0 Å². The largest absolute Gasteiger partial charge is 0.384 e. The SMILES string of the molecule is Cc1nc(Cl)cc(NCC#CCO)n1. The molecule has 0 saturated carbocycles. The smallest absolute Gasteiger partial charge is 0.134 e. The van der Waals surface area contributed by atoms with Crippen molar-refractivity contribution in [3.63, 3.8) is 0 Å². The Morgan fingerprint density at radius 2 is 2.29 bits per heavy atom. The van der Waals surface area contributed by atoms with Crippen LogP contribution in [0.25, 0.3) is 0 Å². The van der Waals surface area contributed by atoms with Crippen LogP contribution in [0, 0.1) is 18.8 Å². The summed E-state index contributed by atoms with van der Waals surface area (Å²) in [5.41, 5.74) is 0. The first-order valence-electron chi connectivity index (χ1n) is 4.04. The van der Waals surface area contributed by atoms with Gasteiger partial charge >= 0.3 is 0 Å². The van der Waals surface area contributed by atoms with Crippen LogP contribution < -0.4 is 5.32 Å². The first-order valence-corrected chi connectivity index (χ1v) is 4.42. The van der Waals surface area contributed by atoms with Gasteiger partial charge in [0.25, 0.3) is 0 Å². The zero-order chi connectivity index (χ0) is 10.4. The molecule has 0 fully saturated rings. The number of aliphatic hydroxyl groups is 1. The second-order valence-electron chi connectivity index (χ2n) is 2.49. The number of rotatable bonds is 2. The summed E-state index contributed by atoms with van der Waals surface area (Å²) in [7, 11) is 0. The lowest BCUT2D eigenvalue weighted by Gasteiger charge is -2.02. The number of nitrogens with one attached hydrogen (secondary N) is 1. The van der Waals surface area contributed by atoms with Crippen LogP contribution in [-0.4, -0.2) is 28.2 Å². The molecule has 1 aromatic rings. The minimum absolute atomic E-state index is 0.134. The van der Waals surface area contributed by atoms with Gasteiger partial charge in [0.05, 0.1) is 6.54 Å². The van der Waals surface area contributed by atoms with Gasteiger partial charge in [-0.2, -0.15) is 0 Å². The molecular formula is C9H10ClN3O. The Bertz CT molecular complexity index is 350. The highest BCUT2D eigenvalue weighted by Gasteiger charge is 1.97. The molecule has 0 aliphatic heterocycles. The number of hydrogen-bond donors (Lipinski definition) is 2. The molecule has 0 saturated heterocycles. The van der Waals surface area contributed by atoms with Gasteiger partial charge in [-0.05, 0) is 6.92 Å². The minimum Gasteiger partial charge on any atom is -0.384 e. The Kier molecular flexibility index (Phi) is 4.17. The van der Waals surface area contributed by atoms with Crippen molar-refractivity contribution in [3.8, 4) is 11.8 Å². The number of hydrogen-bond acceptors (Lipinski definition) is 4. The molecule has 0 aromatic carbocycles. The van der Waals surface area contributed by atoms with E-state index >= 15 is 0 Å². The third-order valence-electron chi connectivity index (χ3n) is 1.37. The minimum atomic E-state index is -0.134. The van der Waals surface area contributed by atoms with Crippen molar-refractivity contribution in [1.82, 2.24) is 9.97 Å². The summed E-state index contributed by atoms with van der Waals surface area (Å²) in [6.07, 6.45) is 0. The highest BCUT2D eigenvalue weighted by Crippen LogP contribution is 2.10. The topological polar surface area (TPSA) is 58.0 Å². The molecule has 5 heteroatoms. The lowest BCUT2D eigenvalue weighted by molar-refractivity contribution is 0.350. The van der Waals surface area contributed by atoms with Crippen LogP contribution in [0.2, 0.25) is 5.15 Å². The Morgan fingerprint density at radius 3 is 2.93 bits per heavy atom. The fraction of sp³-hybridized carbons (Fsp3) is 0.333. The number of aromatic nitrogens is 2. The van der Waals surface area contributed by atoms with Crippen molar-refractivity contribution >= 4 is 17.4 Å². The normalized spacial score (nSPS) is 9.07. The third kappa shape index (κ3) is 3.60. The zero-order valence-electron chi connectivity index (χ0n) is 7.71. The maximum Gasteiger partial charge on any atom is 0.134 e. The summed E-state index contributed by atoms with van der Waals surface area (Å²) in [5.74, 6) is 6.46. The molecule has 74 valence electrons. The average Bonchev–Trinajstić information content (AvgIpc) is 2.11. The first kappa shape index (κ1) is 10.8. The van der Waals surface area contributed by atoms with E-state index in [0.29, 0.717) is 23.3 Å². The molecule has 1 rings (SSSR count). The van der Waals surface area contributed by atoms with E-state index in [-0.39, 0.29) is 6.61 Å². The van der Waals surface area contributed by atoms with Gasteiger partial charge < -0.3 is 10.4 Å². The van der Waals surface area contributed by atoms with Crippen molar-refractivity contribution in [2.24, 2.45) is 0 Å². The van der Waals surface area contributed by atoms with Gasteiger partial charge in [-0.25, -0.2) is 9.97 Å². The number of anilines is 1. The van der Waals surface area contributed by atoms with Gasteiger partial charge in [-0.3, -0.25) is 0 Å². The second kappa shape index (κ2) is 5.43. The van der Waals surface area contributed by atoms with E-state index in [1.807, 2.05) is 0 Å². The third-order valence-corrected chi connectivity index (χ3v) is 1.56. The van der Waals surface area contributed by atoms with Crippen molar-refractivity contribution in [2.45, 2.75) is 6.92 Å². The molecule has 0 bridgehead atoms. The molecule has 0 atom stereocenters. The summed E-state index contributed by atoms with van der Waals surface area (Å²) in [5, 5.41) is 11.7. The van der Waals surface area contributed by atoms with Gasteiger partial charge in [0.15, 0.2) is 0 Å². The lowest BCUT2D eigenvalue weighted by atomic mass is 10.5. The predicted octanol–water partition coefficient (Wildman–Crippen LogP) is 0.846. The molecule has 4 nitrogen and oxygen atoms in total. The molecule has 14 heavy (non-hydrogen) atoms. The Balaban J connectivity index is 2.58. The predicted molar refractivity (Wildman–Crippen MR) is 55.1 cm³/mol. The fourth-order valence-electron chi connectivity index (χ4n) is 0.875. The van der Waals surface area contributed by atoms with Crippen molar-refractivity contribution in [2.75, 3.05) is 18.5 Å². The summed E-state index contributed by atoms with van der Waals surface area (Å²) in [4.78, 5) is 8.01. The van der Waals surface area contributed by atoms with E-state index in [0.717, 1.165) is 0 Å². The summed E-state index contributed by atoms with van der Waals surface area (Å²) in [6.45, 7) is 2.05. The summed E-state index contributed by atoms with van der Waals surface area (Å²) in [6, 6.07) is 1.62. The molecule has 0 aliphatic carbocycles. The summed E-state index contributed by atoms with van der Waals surface area (Å²) < 4.78 is 0. The van der Waals surface area contributed by atoms with E-state index in [1.165, 1.54) is 0 Å². The van der Waals surface area contributed by atoms with Crippen LogP contribution in [0.15, 0.2) is 6.07 Å². The van der Waals surface area contributed by atoms with Crippen LogP contribution in [0.5, 0.6) is 0 Å². The molecule has 0 aliphatic rings. The Morgan fingerprint density at radius 1 is 1.50 bits per heavy atom. The van der Waals surface area contributed by atoms with Crippen LogP contribution in [0.3, 0.4) is 0 Å². The molecule has 0 radical (unpaired) electrons. The number of halogens is 1. The summed E-state index contributed by atoms with van der Waals surface area (Å²) >= 11 is 5.72. The fourth-order valence-corrected chi connectivity index (χ4v) is 1.10. The molecular weight excluding hydrogens is 202 g/mol. The van der Waals surface area contributed by atoms with Crippen LogP contribution >= 0.6 is 11.6 Å². The van der Waals surface area contributed by atoms with Crippen molar-refractivity contribution < 1.29 is 5.11 Å². The van der Waals surface area contributed by atoms with E-state index in [4.69, 9.17) is 16.7 Å². The number of aliphatic hydroxyl groups excluding tert-OH is 1. The zero-order valence-corrected chi connectivity index (χ0v) is 8.47. The maximum atomic E-state index is 8.40. The highest BCUT2D eigenvalue weighted by atomic mass is 35.5. The molecule has 1 heterocycles. The Hall–Kier alpha value is -1.31. The highest BCUT2D eigenvalue weighted by molar-refractivity contribution is 6.29. The molecule has 0 unspecified atom stereocenters. The monoisotopic (exact) mass is 211 g/mol. The molecule has 0 amide bonds. The lowest BCUT2D eigenvalue weighted by Crippen LogP contribution is -2.03. The van der Waals surface area contributed by atoms with Gasteiger partial charge in [-0.1, -0.05) is 23.4 Å². The number of aryl methyl sites for hydroxylation is 1. The van der Waals surface area contributed by atoms with Gasteiger partial charge in [0, 0.05) is 6.07 Å². The molecule has 0 spiro atoms. The van der Waals surface area contributed by atoms with Crippen LogP contribution in [0.1, 0.15) is 5.82 Å². The first-order chi connectivity index (χ1) is 6.72. The van der Waals surface area contributed by atoms with E-state index in [1.54, 1.807) is 13.0 Å². The van der Waals surface area contributed by atoms with Crippen LogP contribution in [-0.2, 0) is 0 Å². The Labute approximate surface area is 87.3 Å².